The van der Waals surface area contributed by atoms with Crippen molar-refractivity contribution in [3.8, 4) is 18.2 Å². The molecule has 0 radical (unpaired) electrons. The minimum atomic E-state index is -1.48. The average Bonchev–Trinajstić information content (AvgIpc) is 3.14. The van der Waals surface area contributed by atoms with Crippen LogP contribution in [0.15, 0.2) is 40.4 Å². The number of fused-ring (bicyclic) bond motifs is 1. The summed E-state index contributed by atoms with van der Waals surface area (Å²) in [6.45, 7) is 2.16. The number of allylic oxidation sites excluding steroid dienone is 4. The maximum Gasteiger partial charge on any atom is 0.192 e. The second-order valence-corrected chi connectivity index (χ2v) is 7.42. The third-order valence-corrected chi connectivity index (χ3v) is 6.36. The Morgan fingerprint density at radius 3 is 2.62 bits per heavy atom. The first-order valence-corrected chi connectivity index (χ1v) is 8.97. The molecule has 0 aliphatic heterocycles. The van der Waals surface area contributed by atoms with Gasteiger partial charge in [-0.15, -0.1) is 11.3 Å². The Labute approximate surface area is 146 Å². The maximum atomic E-state index is 9.90. The highest BCUT2D eigenvalue weighted by Crippen LogP contribution is 2.57. The zero-order chi connectivity index (χ0) is 17.3. The molecule has 3 atom stereocenters. The van der Waals surface area contributed by atoms with E-state index in [-0.39, 0.29) is 17.5 Å². The summed E-state index contributed by atoms with van der Waals surface area (Å²) >= 11 is 1.55. The average molecular weight is 334 g/mol. The lowest BCUT2D eigenvalue weighted by Crippen LogP contribution is -2.43. The second kappa shape index (κ2) is 6.16. The zero-order valence-corrected chi connectivity index (χ0v) is 14.3. The summed E-state index contributed by atoms with van der Waals surface area (Å²) in [4.78, 5) is 0.991. The van der Waals surface area contributed by atoms with Crippen LogP contribution in [0.4, 0.5) is 0 Å². The number of thiophene rings is 1. The number of hydrogen-bond donors (Lipinski definition) is 1. The monoisotopic (exact) mass is 334 g/mol. The normalized spacial score (nSPS) is 28.1. The van der Waals surface area contributed by atoms with Crippen molar-refractivity contribution >= 4 is 11.3 Å². The first-order valence-electron chi connectivity index (χ1n) is 8.09. The molecule has 0 amide bonds. The highest BCUT2D eigenvalue weighted by molar-refractivity contribution is 7.10. The molecule has 120 valence electrons. The lowest BCUT2D eigenvalue weighted by atomic mass is 9.57. The van der Waals surface area contributed by atoms with Crippen molar-refractivity contribution in [3.05, 3.63) is 45.3 Å². The van der Waals surface area contributed by atoms with Gasteiger partial charge in [0.2, 0.25) is 0 Å². The van der Waals surface area contributed by atoms with E-state index >= 15 is 0 Å². The lowest BCUT2D eigenvalue weighted by Gasteiger charge is -2.44. The lowest BCUT2D eigenvalue weighted by molar-refractivity contribution is 0.274. The smallest absolute Gasteiger partial charge is 0.192 e. The Morgan fingerprint density at radius 2 is 2.08 bits per heavy atom. The quantitative estimate of drug-likeness (QED) is 0.884. The first kappa shape index (κ1) is 16.3. The molecule has 1 aromatic rings. The molecular weight excluding hydrogens is 316 g/mol. The molecule has 24 heavy (non-hydrogen) atoms. The molecule has 1 aromatic heterocycles. The Hall–Kier alpha value is -2.55. The molecule has 4 nitrogen and oxygen atoms in total. The molecule has 0 fully saturated rings. The molecule has 0 saturated heterocycles. The maximum absolute atomic E-state index is 9.90. The van der Waals surface area contributed by atoms with E-state index in [1.807, 2.05) is 17.5 Å². The van der Waals surface area contributed by atoms with Gasteiger partial charge in [-0.05, 0) is 41.7 Å². The summed E-state index contributed by atoms with van der Waals surface area (Å²) in [6, 6.07) is 10.4. The summed E-state index contributed by atoms with van der Waals surface area (Å²) in [5, 5.41) is 31.4. The van der Waals surface area contributed by atoms with Crippen LogP contribution >= 0.6 is 11.3 Å². The summed E-state index contributed by atoms with van der Waals surface area (Å²) in [5.74, 6) is 0.185. The number of nitriles is 3. The topological polar surface area (TPSA) is 97.4 Å². The molecular formula is C19H18N4S. The van der Waals surface area contributed by atoms with Crippen LogP contribution < -0.4 is 5.73 Å². The van der Waals surface area contributed by atoms with E-state index in [1.165, 1.54) is 0 Å². The van der Waals surface area contributed by atoms with E-state index in [0.29, 0.717) is 11.5 Å². The van der Waals surface area contributed by atoms with E-state index in [9.17, 15) is 15.8 Å². The first-order chi connectivity index (χ1) is 11.6. The van der Waals surface area contributed by atoms with E-state index in [2.05, 4.69) is 31.2 Å². The van der Waals surface area contributed by atoms with E-state index in [4.69, 9.17) is 5.73 Å². The van der Waals surface area contributed by atoms with Crippen LogP contribution in [-0.4, -0.2) is 0 Å². The number of hydrogen-bond acceptors (Lipinski definition) is 5. The van der Waals surface area contributed by atoms with Crippen molar-refractivity contribution in [1.29, 1.82) is 15.8 Å². The highest BCUT2D eigenvalue weighted by Gasteiger charge is 2.54. The van der Waals surface area contributed by atoms with Crippen molar-refractivity contribution in [1.82, 2.24) is 0 Å². The minimum absolute atomic E-state index is 0.0106. The molecule has 5 heteroatoms. The van der Waals surface area contributed by atoms with Gasteiger partial charge in [0.25, 0.3) is 0 Å². The molecule has 2 N–H and O–H groups in total. The third kappa shape index (κ3) is 2.15. The molecule has 2 aliphatic carbocycles. The van der Waals surface area contributed by atoms with Crippen LogP contribution in [-0.2, 0) is 0 Å². The van der Waals surface area contributed by atoms with Crippen molar-refractivity contribution in [3.63, 3.8) is 0 Å². The molecule has 0 bridgehead atoms. The Kier molecular flexibility index (Phi) is 4.18. The van der Waals surface area contributed by atoms with Crippen LogP contribution in [0.3, 0.4) is 0 Å². The number of nitrogens with zero attached hydrogens (tertiary/aromatic N) is 3. The molecule has 3 rings (SSSR count). The molecule has 1 heterocycles. The van der Waals surface area contributed by atoms with Crippen molar-refractivity contribution < 1.29 is 0 Å². The van der Waals surface area contributed by atoms with Crippen molar-refractivity contribution in [2.75, 3.05) is 0 Å². The standard InChI is InChI=1S/C19H18N4S/c1-2-12-5-6-13-14(8-12)17(16-4-3-7-24-16)19(10-21,11-22)18(23)15(13)9-20/h3-4,6-7,12,14,17H,2,5,8,23H2,1H3/t12?,14-,17?/m0/s1. The SMILES string of the molecule is CCC1CC=C2C(C#N)=C(N)C(C#N)(C#N)C(c3cccs3)[C@H]2C1. The van der Waals surface area contributed by atoms with Crippen molar-refractivity contribution in [2.45, 2.75) is 32.1 Å². The van der Waals surface area contributed by atoms with E-state index < -0.39 is 5.41 Å². The van der Waals surface area contributed by atoms with Crippen LogP contribution in [0, 0.1) is 51.2 Å². The minimum Gasteiger partial charge on any atom is -0.399 e. The van der Waals surface area contributed by atoms with Crippen molar-refractivity contribution in [2.24, 2.45) is 23.0 Å². The van der Waals surface area contributed by atoms with E-state index in [0.717, 1.165) is 29.7 Å². The highest BCUT2D eigenvalue weighted by atomic mass is 32.1. The molecule has 0 saturated carbocycles. The van der Waals surface area contributed by atoms with Gasteiger partial charge in [-0.25, -0.2) is 0 Å². The van der Waals surface area contributed by atoms with Gasteiger partial charge in [0.1, 0.15) is 6.07 Å². The number of nitrogens with two attached hydrogens (primary N) is 1. The fourth-order valence-corrected chi connectivity index (χ4v) is 5.03. The predicted molar refractivity (Wildman–Crippen MR) is 92.1 cm³/mol. The van der Waals surface area contributed by atoms with E-state index in [1.54, 1.807) is 11.3 Å². The van der Waals surface area contributed by atoms with Gasteiger partial charge in [-0.3, -0.25) is 0 Å². The molecule has 0 aromatic carbocycles. The van der Waals surface area contributed by atoms with Gasteiger partial charge in [0.15, 0.2) is 5.41 Å². The summed E-state index contributed by atoms with van der Waals surface area (Å²) in [6.07, 6.45) is 4.95. The predicted octanol–water partition coefficient (Wildman–Crippen LogP) is 3.98. The second-order valence-electron chi connectivity index (χ2n) is 6.44. The summed E-state index contributed by atoms with van der Waals surface area (Å²) < 4.78 is 0. The zero-order valence-electron chi connectivity index (χ0n) is 13.5. The Morgan fingerprint density at radius 1 is 1.33 bits per heavy atom. The van der Waals surface area contributed by atoms with Gasteiger partial charge in [0.05, 0.1) is 23.4 Å². The van der Waals surface area contributed by atoms with Gasteiger partial charge < -0.3 is 5.73 Å². The van der Waals surface area contributed by atoms with Gasteiger partial charge in [-0.2, -0.15) is 15.8 Å². The molecule has 2 aliphatic rings. The van der Waals surface area contributed by atoms with Crippen LogP contribution in [0.25, 0.3) is 0 Å². The largest absolute Gasteiger partial charge is 0.399 e. The number of rotatable bonds is 2. The Bertz CT molecular complexity index is 812. The summed E-state index contributed by atoms with van der Waals surface area (Å²) in [5.41, 5.74) is 6.14. The summed E-state index contributed by atoms with van der Waals surface area (Å²) in [7, 11) is 0. The van der Waals surface area contributed by atoms with Crippen LogP contribution in [0.5, 0.6) is 0 Å². The fraction of sp³-hybridized carbons (Fsp3) is 0.421. The van der Waals surface area contributed by atoms with Crippen LogP contribution in [0.1, 0.15) is 37.0 Å². The fourth-order valence-electron chi connectivity index (χ4n) is 4.07. The molecule has 2 unspecified atom stereocenters. The van der Waals surface area contributed by atoms with Crippen LogP contribution in [0.2, 0.25) is 0 Å². The Balaban J connectivity index is 2.29. The molecule has 0 spiro atoms. The van der Waals surface area contributed by atoms with Gasteiger partial charge in [0, 0.05) is 10.8 Å². The van der Waals surface area contributed by atoms with Gasteiger partial charge >= 0.3 is 0 Å². The van der Waals surface area contributed by atoms with Gasteiger partial charge in [-0.1, -0.05) is 25.5 Å². The third-order valence-electron chi connectivity index (χ3n) is 5.40.